The van der Waals surface area contributed by atoms with E-state index in [1.165, 1.54) is 22.4 Å². The molecule has 1 unspecified atom stereocenters. The van der Waals surface area contributed by atoms with Gasteiger partial charge < -0.3 is 16.0 Å². The molecule has 2 aromatic rings. The van der Waals surface area contributed by atoms with E-state index in [9.17, 15) is 0 Å². The van der Waals surface area contributed by atoms with E-state index in [-0.39, 0.29) is 0 Å². The zero-order chi connectivity index (χ0) is 14.8. The van der Waals surface area contributed by atoms with Crippen molar-refractivity contribution in [1.82, 2.24) is 4.90 Å². The topological polar surface area (TPSA) is 41.3 Å². The molecule has 0 saturated heterocycles. The number of rotatable bonds is 4. The van der Waals surface area contributed by atoms with E-state index in [0.29, 0.717) is 6.04 Å². The van der Waals surface area contributed by atoms with Crippen LogP contribution in [0.1, 0.15) is 29.2 Å². The van der Waals surface area contributed by atoms with Crippen LogP contribution in [0.4, 0.5) is 11.4 Å². The third-order valence-corrected chi connectivity index (χ3v) is 4.01. The van der Waals surface area contributed by atoms with Gasteiger partial charge in [-0.05, 0) is 67.9 Å². The van der Waals surface area contributed by atoms with Gasteiger partial charge in [0.05, 0.1) is 6.04 Å². The maximum Gasteiger partial charge on any atom is 0.0519 e. The highest BCUT2D eigenvalue weighted by molar-refractivity contribution is 5.53. The Morgan fingerprint density at radius 3 is 2.86 bits per heavy atom. The average Bonchev–Trinajstić information content (AvgIpc) is 2.80. The Labute approximate surface area is 126 Å². The molecule has 1 atom stereocenters. The van der Waals surface area contributed by atoms with E-state index in [2.05, 4.69) is 60.7 Å². The molecule has 0 fully saturated rings. The molecule has 0 radical (unpaired) electrons. The van der Waals surface area contributed by atoms with Gasteiger partial charge in [-0.25, -0.2) is 0 Å². The minimum atomic E-state index is 0.398. The van der Waals surface area contributed by atoms with Crippen LogP contribution < -0.4 is 11.1 Å². The zero-order valence-corrected chi connectivity index (χ0v) is 12.8. The largest absolute Gasteiger partial charge is 0.399 e. The fourth-order valence-corrected chi connectivity index (χ4v) is 3.11. The van der Waals surface area contributed by atoms with Crippen LogP contribution in [0.25, 0.3) is 0 Å². The first kappa shape index (κ1) is 14.0. The van der Waals surface area contributed by atoms with E-state index in [4.69, 9.17) is 5.73 Å². The molecule has 0 saturated carbocycles. The van der Waals surface area contributed by atoms with Crippen molar-refractivity contribution in [3.8, 4) is 0 Å². The van der Waals surface area contributed by atoms with Gasteiger partial charge in [-0.2, -0.15) is 0 Å². The lowest BCUT2D eigenvalue weighted by molar-refractivity contribution is 0.402. The molecule has 21 heavy (non-hydrogen) atoms. The summed E-state index contributed by atoms with van der Waals surface area (Å²) in [5.74, 6) is 0. The van der Waals surface area contributed by atoms with E-state index in [0.717, 1.165) is 25.1 Å². The number of nitrogens with zero attached hydrogens (tertiary/aromatic N) is 1. The van der Waals surface area contributed by atoms with Gasteiger partial charge in [0.2, 0.25) is 0 Å². The van der Waals surface area contributed by atoms with Crippen LogP contribution in [0.5, 0.6) is 0 Å². The second-order valence-corrected chi connectivity index (χ2v) is 6.13. The first-order valence-electron chi connectivity index (χ1n) is 7.50. The standard InChI is InChI=1S/C18H23N3/c1-21(2)12-13-4-3-5-16(10-13)20-18-9-6-14-11-15(19)7-8-17(14)18/h3-5,7-8,10-11,18,20H,6,9,12,19H2,1-2H3. The third kappa shape index (κ3) is 3.19. The summed E-state index contributed by atoms with van der Waals surface area (Å²) < 4.78 is 0. The van der Waals surface area contributed by atoms with Crippen LogP contribution in [0.15, 0.2) is 42.5 Å². The van der Waals surface area contributed by atoms with Crippen LogP contribution >= 0.6 is 0 Å². The minimum Gasteiger partial charge on any atom is -0.399 e. The average molecular weight is 281 g/mol. The monoisotopic (exact) mass is 281 g/mol. The highest BCUT2D eigenvalue weighted by Crippen LogP contribution is 2.35. The summed E-state index contributed by atoms with van der Waals surface area (Å²) in [5.41, 5.74) is 12.0. The molecule has 0 aromatic heterocycles. The first-order chi connectivity index (χ1) is 10.1. The van der Waals surface area contributed by atoms with Crippen LogP contribution in [-0.2, 0) is 13.0 Å². The number of hydrogen-bond donors (Lipinski definition) is 2. The van der Waals surface area contributed by atoms with Gasteiger partial charge in [0.1, 0.15) is 0 Å². The molecule has 0 spiro atoms. The van der Waals surface area contributed by atoms with Gasteiger partial charge in [-0.3, -0.25) is 0 Å². The minimum absolute atomic E-state index is 0.398. The number of aryl methyl sites for hydroxylation is 1. The number of benzene rings is 2. The smallest absolute Gasteiger partial charge is 0.0519 e. The number of nitrogens with one attached hydrogen (secondary N) is 1. The Morgan fingerprint density at radius 2 is 2.05 bits per heavy atom. The molecule has 3 heteroatoms. The van der Waals surface area contributed by atoms with Gasteiger partial charge in [-0.1, -0.05) is 18.2 Å². The SMILES string of the molecule is CN(C)Cc1cccc(NC2CCc3cc(N)ccc32)c1. The molecule has 0 heterocycles. The molecule has 1 aliphatic rings. The summed E-state index contributed by atoms with van der Waals surface area (Å²) >= 11 is 0. The Morgan fingerprint density at radius 1 is 1.19 bits per heavy atom. The zero-order valence-electron chi connectivity index (χ0n) is 12.8. The Bertz CT molecular complexity index is 634. The molecule has 0 amide bonds. The second kappa shape index (κ2) is 5.78. The van der Waals surface area contributed by atoms with Crippen molar-refractivity contribution in [2.45, 2.75) is 25.4 Å². The third-order valence-electron chi connectivity index (χ3n) is 4.01. The van der Waals surface area contributed by atoms with Crippen molar-refractivity contribution in [3.63, 3.8) is 0 Å². The maximum absolute atomic E-state index is 5.87. The van der Waals surface area contributed by atoms with Gasteiger partial charge in [0.25, 0.3) is 0 Å². The second-order valence-electron chi connectivity index (χ2n) is 6.13. The van der Waals surface area contributed by atoms with Crippen molar-refractivity contribution >= 4 is 11.4 Å². The highest BCUT2D eigenvalue weighted by atomic mass is 15.0. The summed E-state index contributed by atoms with van der Waals surface area (Å²) in [6.07, 6.45) is 2.24. The molecule has 3 nitrogen and oxygen atoms in total. The molecular weight excluding hydrogens is 258 g/mol. The lowest BCUT2D eigenvalue weighted by Crippen LogP contribution is -2.11. The Balaban J connectivity index is 1.77. The van der Waals surface area contributed by atoms with Gasteiger partial charge in [0, 0.05) is 17.9 Å². The van der Waals surface area contributed by atoms with Crippen molar-refractivity contribution in [2.75, 3.05) is 25.1 Å². The first-order valence-corrected chi connectivity index (χ1v) is 7.50. The van der Waals surface area contributed by atoms with E-state index in [1.807, 2.05) is 6.07 Å². The molecular formula is C18H23N3. The highest BCUT2D eigenvalue weighted by Gasteiger charge is 2.22. The van der Waals surface area contributed by atoms with Crippen molar-refractivity contribution in [1.29, 1.82) is 0 Å². The summed E-state index contributed by atoms with van der Waals surface area (Å²) in [6.45, 7) is 0.966. The molecule has 2 aromatic carbocycles. The lowest BCUT2D eigenvalue weighted by atomic mass is 10.1. The Hall–Kier alpha value is -2.00. The summed E-state index contributed by atoms with van der Waals surface area (Å²) in [7, 11) is 4.19. The van der Waals surface area contributed by atoms with E-state index >= 15 is 0 Å². The number of hydrogen-bond acceptors (Lipinski definition) is 3. The molecule has 3 N–H and O–H groups in total. The van der Waals surface area contributed by atoms with E-state index < -0.39 is 0 Å². The van der Waals surface area contributed by atoms with Crippen molar-refractivity contribution < 1.29 is 0 Å². The van der Waals surface area contributed by atoms with Gasteiger partial charge in [0.15, 0.2) is 0 Å². The number of anilines is 2. The molecule has 1 aliphatic carbocycles. The number of nitrogen functional groups attached to an aromatic ring is 1. The fraction of sp³-hybridized carbons (Fsp3) is 0.333. The fourth-order valence-electron chi connectivity index (χ4n) is 3.11. The number of fused-ring (bicyclic) bond motifs is 1. The maximum atomic E-state index is 5.87. The lowest BCUT2D eigenvalue weighted by Gasteiger charge is -2.17. The Kier molecular flexibility index (Phi) is 3.84. The van der Waals surface area contributed by atoms with Crippen molar-refractivity contribution in [3.05, 3.63) is 59.2 Å². The van der Waals surface area contributed by atoms with Crippen LogP contribution in [0.2, 0.25) is 0 Å². The van der Waals surface area contributed by atoms with Gasteiger partial charge >= 0.3 is 0 Å². The molecule has 0 bridgehead atoms. The van der Waals surface area contributed by atoms with Crippen LogP contribution in [-0.4, -0.2) is 19.0 Å². The molecule has 110 valence electrons. The summed E-state index contributed by atoms with van der Waals surface area (Å²) in [5, 5.41) is 3.67. The molecule has 3 rings (SSSR count). The normalized spacial score (nSPS) is 17.0. The van der Waals surface area contributed by atoms with Crippen LogP contribution in [0, 0.1) is 0 Å². The quantitative estimate of drug-likeness (QED) is 0.844. The van der Waals surface area contributed by atoms with Crippen molar-refractivity contribution in [2.24, 2.45) is 0 Å². The molecule has 0 aliphatic heterocycles. The predicted octanol–water partition coefficient (Wildman–Crippen LogP) is 3.43. The van der Waals surface area contributed by atoms with Crippen LogP contribution in [0.3, 0.4) is 0 Å². The van der Waals surface area contributed by atoms with E-state index in [1.54, 1.807) is 0 Å². The summed E-state index contributed by atoms with van der Waals surface area (Å²) in [6, 6.07) is 15.4. The van der Waals surface area contributed by atoms with Gasteiger partial charge in [-0.15, -0.1) is 0 Å². The number of nitrogens with two attached hydrogens (primary N) is 1. The predicted molar refractivity (Wildman–Crippen MR) is 89.4 cm³/mol. The summed E-state index contributed by atoms with van der Waals surface area (Å²) in [4.78, 5) is 2.19.